The molecule has 1 amide bonds. The zero-order valence-electron chi connectivity index (χ0n) is 14.6. The molecule has 0 spiro atoms. The first-order chi connectivity index (χ1) is 12.5. The normalized spacial score (nSPS) is 11.8. The third kappa shape index (κ3) is 4.24. The smallest absolute Gasteiger partial charge is 0.258 e. The van der Waals surface area contributed by atoms with Gasteiger partial charge in [-0.1, -0.05) is 41.9 Å². The molecule has 3 rings (SSSR count). The van der Waals surface area contributed by atoms with Gasteiger partial charge < -0.3 is 14.6 Å². The van der Waals surface area contributed by atoms with Gasteiger partial charge in [0, 0.05) is 24.5 Å². The van der Waals surface area contributed by atoms with E-state index in [0.717, 1.165) is 17.0 Å². The van der Waals surface area contributed by atoms with Gasteiger partial charge in [-0.25, -0.2) is 4.98 Å². The van der Waals surface area contributed by atoms with Gasteiger partial charge in [0.05, 0.1) is 0 Å². The van der Waals surface area contributed by atoms with E-state index in [1.165, 1.54) is 0 Å². The number of hydrogen-bond donors (Lipinski definition) is 1. The maximum atomic E-state index is 12.5. The molecule has 1 N–H and O–H groups in total. The van der Waals surface area contributed by atoms with Crippen LogP contribution in [-0.2, 0) is 11.8 Å². The maximum absolute atomic E-state index is 12.5. The molecule has 2 aromatic carbocycles. The molecule has 26 heavy (non-hydrogen) atoms. The number of aryl methyl sites for hydroxylation is 2. The fourth-order valence-corrected chi connectivity index (χ4v) is 2.80. The zero-order chi connectivity index (χ0) is 18.5. The summed E-state index contributed by atoms with van der Waals surface area (Å²) in [5.41, 5.74) is 1.88. The van der Waals surface area contributed by atoms with Gasteiger partial charge in [-0.3, -0.25) is 4.79 Å². The first-order valence-electron chi connectivity index (χ1n) is 8.25. The first kappa shape index (κ1) is 18.0. The molecular weight excluding hydrogens is 350 g/mol. The van der Waals surface area contributed by atoms with Crippen LogP contribution in [0.25, 0.3) is 0 Å². The van der Waals surface area contributed by atoms with E-state index < -0.39 is 0 Å². The molecule has 0 saturated heterocycles. The number of nitrogens with one attached hydrogen (secondary N) is 1. The predicted molar refractivity (Wildman–Crippen MR) is 101 cm³/mol. The van der Waals surface area contributed by atoms with Crippen LogP contribution in [0.1, 0.15) is 23.0 Å². The summed E-state index contributed by atoms with van der Waals surface area (Å²) in [5, 5.41) is 3.64. The second-order valence-corrected chi connectivity index (χ2v) is 6.44. The van der Waals surface area contributed by atoms with E-state index in [1.54, 1.807) is 18.3 Å². The van der Waals surface area contributed by atoms with Crippen molar-refractivity contribution in [1.82, 2.24) is 14.9 Å². The monoisotopic (exact) mass is 369 g/mol. The fourth-order valence-electron chi connectivity index (χ4n) is 2.67. The number of para-hydroxylation sites is 1. The SMILES string of the molecule is Cc1ccccc1OCC(=O)NC(c1ccc(Cl)cc1)c1nccn1C. The van der Waals surface area contributed by atoms with Crippen molar-refractivity contribution in [1.29, 1.82) is 0 Å². The number of carbonyl (C=O) groups excluding carboxylic acids is 1. The topological polar surface area (TPSA) is 56.1 Å². The second kappa shape index (κ2) is 8.06. The van der Waals surface area contributed by atoms with Crippen LogP contribution in [0.3, 0.4) is 0 Å². The molecule has 0 radical (unpaired) electrons. The summed E-state index contributed by atoms with van der Waals surface area (Å²) < 4.78 is 7.52. The van der Waals surface area contributed by atoms with E-state index in [2.05, 4.69) is 10.3 Å². The van der Waals surface area contributed by atoms with Gasteiger partial charge >= 0.3 is 0 Å². The van der Waals surface area contributed by atoms with Crippen molar-refractivity contribution >= 4 is 17.5 Å². The van der Waals surface area contributed by atoms with Crippen LogP contribution >= 0.6 is 11.6 Å². The molecule has 1 heterocycles. The largest absolute Gasteiger partial charge is 0.484 e. The number of benzene rings is 2. The molecule has 0 aliphatic rings. The fraction of sp³-hybridized carbons (Fsp3) is 0.200. The molecule has 0 bridgehead atoms. The zero-order valence-corrected chi connectivity index (χ0v) is 15.4. The van der Waals surface area contributed by atoms with Crippen LogP contribution < -0.4 is 10.1 Å². The number of hydrogen-bond acceptors (Lipinski definition) is 3. The lowest BCUT2D eigenvalue weighted by Gasteiger charge is -2.19. The molecule has 0 aliphatic carbocycles. The Kier molecular flexibility index (Phi) is 5.58. The van der Waals surface area contributed by atoms with Gasteiger partial charge in [0.25, 0.3) is 5.91 Å². The maximum Gasteiger partial charge on any atom is 0.258 e. The molecule has 1 aromatic heterocycles. The predicted octanol–water partition coefficient (Wildman–Crippen LogP) is 3.67. The molecule has 5 nitrogen and oxygen atoms in total. The molecule has 3 aromatic rings. The van der Waals surface area contributed by atoms with E-state index in [4.69, 9.17) is 16.3 Å². The summed E-state index contributed by atoms with van der Waals surface area (Å²) in [7, 11) is 1.89. The summed E-state index contributed by atoms with van der Waals surface area (Å²) in [6.07, 6.45) is 3.54. The number of imidazole rings is 1. The van der Waals surface area contributed by atoms with Crippen molar-refractivity contribution in [2.24, 2.45) is 7.05 Å². The summed E-state index contributed by atoms with van der Waals surface area (Å²) >= 11 is 5.98. The van der Waals surface area contributed by atoms with Gasteiger partial charge in [-0.05, 0) is 36.2 Å². The van der Waals surface area contributed by atoms with E-state index in [0.29, 0.717) is 10.8 Å². The Hall–Kier alpha value is -2.79. The highest BCUT2D eigenvalue weighted by Crippen LogP contribution is 2.22. The highest BCUT2D eigenvalue weighted by atomic mass is 35.5. The molecular formula is C20H20ClN3O2. The molecule has 134 valence electrons. The van der Waals surface area contributed by atoms with Crippen molar-refractivity contribution in [2.75, 3.05) is 6.61 Å². The number of rotatable bonds is 6. The molecule has 6 heteroatoms. The standard InChI is InChI=1S/C20H20ClN3O2/c1-14-5-3-4-6-17(14)26-13-18(25)23-19(20-22-11-12-24(20)2)15-7-9-16(21)10-8-15/h3-12,19H,13H2,1-2H3,(H,23,25). The van der Waals surface area contributed by atoms with E-state index >= 15 is 0 Å². The van der Waals surface area contributed by atoms with Crippen LogP contribution in [0.15, 0.2) is 60.9 Å². The van der Waals surface area contributed by atoms with Crippen LogP contribution in [0.4, 0.5) is 0 Å². The van der Waals surface area contributed by atoms with Crippen molar-refractivity contribution in [3.63, 3.8) is 0 Å². The minimum absolute atomic E-state index is 0.0701. The molecule has 1 unspecified atom stereocenters. The number of ether oxygens (including phenoxy) is 1. The van der Waals surface area contributed by atoms with Crippen LogP contribution in [0, 0.1) is 6.92 Å². The average molecular weight is 370 g/mol. The lowest BCUT2D eigenvalue weighted by atomic mass is 10.1. The van der Waals surface area contributed by atoms with Crippen molar-refractivity contribution in [3.8, 4) is 5.75 Å². The van der Waals surface area contributed by atoms with Crippen LogP contribution in [0.2, 0.25) is 5.02 Å². The summed E-state index contributed by atoms with van der Waals surface area (Å²) in [6, 6.07) is 14.6. The Morgan fingerprint density at radius 2 is 1.96 bits per heavy atom. The Labute approximate surface area is 157 Å². The number of carbonyl (C=O) groups is 1. The van der Waals surface area contributed by atoms with Crippen LogP contribution in [0.5, 0.6) is 5.75 Å². The van der Waals surface area contributed by atoms with Gasteiger partial charge in [-0.15, -0.1) is 0 Å². The minimum atomic E-state index is -0.389. The lowest BCUT2D eigenvalue weighted by molar-refractivity contribution is -0.123. The van der Waals surface area contributed by atoms with Gasteiger partial charge in [0.2, 0.25) is 0 Å². The van der Waals surface area contributed by atoms with Crippen LogP contribution in [-0.4, -0.2) is 22.1 Å². The van der Waals surface area contributed by atoms with Crippen molar-refractivity contribution < 1.29 is 9.53 Å². The van der Waals surface area contributed by atoms with Gasteiger partial charge in [0.1, 0.15) is 17.6 Å². The molecule has 0 saturated carbocycles. The lowest BCUT2D eigenvalue weighted by Crippen LogP contribution is -2.34. The number of halogens is 1. The number of amides is 1. The summed E-state index contributed by atoms with van der Waals surface area (Å²) in [6.45, 7) is 1.87. The summed E-state index contributed by atoms with van der Waals surface area (Å²) in [4.78, 5) is 16.9. The Morgan fingerprint density at radius 3 is 2.62 bits per heavy atom. The van der Waals surface area contributed by atoms with Gasteiger partial charge in [0.15, 0.2) is 6.61 Å². The Balaban J connectivity index is 1.75. The third-order valence-corrected chi connectivity index (χ3v) is 4.33. The van der Waals surface area contributed by atoms with Gasteiger partial charge in [-0.2, -0.15) is 0 Å². The van der Waals surface area contributed by atoms with E-state index in [9.17, 15) is 4.79 Å². The first-order valence-corrected chi connectivity index (χ1v) is 8.63. The molecule has 1 atom stereocenters. The number of aromatic nitrogens is 2. The number of nitrogens with zero attached hydrogens (tertiary/aromatic N) is 2. The average Bonchev–Trinajstić information content (AvgIpc) is 3.05. The minimum Gasteiger partial charge on any atom is -0.484 e. The van der Waals surface area contributed by atoms with Crippen molar-refractivity contribution in [3.05, 3.63) is 82.9 Å². The third-order valence-electron chi connectivity index (χ3n) is 4.08. The van der Waals surface area contributed by atoms with E-state index in [-0.39, 0.29) is 18.6 Å². The van der Waals surface area contributed by atoms with E-state index in [1.807, 2.05) is 61.1 Å². The Bertz CT molecular complexity index is 890. The van der Waals surface area contributed by atoms with Crippen molar-refractivity contribution in [2.45, 2.75) is 13.0 Å². The molecule has 0 fully saturated rings. The highest BCUT2D eigenvalue weighted by Gasteiger charge is 2.21. The highest BCUT2D eigenvalue weighted by molar-refractivity contribution is 6.30. The second-order valence-electron chi connectivity index (χ2n) is 6.00. The summed E-state index contributed by atoms with van der Waals surface area (Å²) in [5.74, 6) is 1.20. The Morgan fingerprint density at radius 1 is 1.23 bits per heavy atom. The quantitative estimate of drug-likeness (QED) is 0.721. The molecule has 0 aliphatic heterocycles.